The Balaban J connectivity index is 2.74. The van der Waals surface area contributed by atoms with E-state index in [0.29, 0.717) is 0 Å². The third-order valence-corrected chi connectivity index (χ3v) is 4.75. The standard InChI is InChI=1S/C12H16O4S/c1-10(11-6-4-3-5-7-11)17(14,15)9-8-12(13)16-2/h3-7,10H,8-9H2,1-2H3. The molecular weight excluding hydrogens is 240 g/mol. The minimum atomic E-state index is -3.32. The Morgan fingerprint density at radius 3 is 2.41 bits per heavy atom. The van der Waals surface area contributed by atoms with Crippen LogP contribution >= 0.6 is 0 Å². The highest BCUT2D eigenvalue weighted by molar-refractivity contribution is 7.91. The minimum Gasteiger partial charge on any atom is -0.469 e. The smallest absolute Gasteiger partial charge is 0.306 e. The van der Waals surface area contributed by atoms with Gasteiger partial charge in [-0.1, -0.05) is 30.3 Å². The van der Waals surface area contributed by atoms with E-state index in [2.05, 4.69) is 4.74 Å². The van der Waals surface area contributed by atoms with Gasteiger partial charge < -0.3 is 4.74 Å². The van der Waals surface area contributed by atoms with Crippen molar-refractivity contribution in [1.82, 2.24) is 0 Å². The molecule has 0 aliphatic rings. The van der Waals surface area contributed by atoms with Crippen LogP contribution in [-0.4, -0.2) is 27.2 Å². The lowest BCUT2D eigenvalue weighted by molar-refractivity contribution is -0.140. The first-order valence-corrected chi connectivity index (χ1v) is 7.02. The Labute approximate surface area is 102 Å². The first-order valence-electron chi connectivity index (χ1n) is 5.30. The molecule has 0 radical (unpaired) electrons. The zero-order valence-electron chi connectivity index (χ0n) is 9.92. The lowest BCUT2D eigenvalue weighted by atomic mass is 10.2. The Morgan fingerprint density at radius 2 is 1.88 bits per heavy atom. The molecule has 94 valence electrons. The molecule has 1 unspecified atom stereocenters. The first-order chi connectivity index (χ1) is 7.97. The molecule has 17 heavy (non-hydrogen) atoms. The summed E-state index contributed by atoms with van der Waals surface area (Å²) in [6.07, 6.45) is -0.101. The van der Waals surface area contributed by atoms with Gasteiger partial charge >= 0.3 is 5.97 Å². The Bertz CT molecular complexity index is 465. The summed E-state index contributed by atoms with van der Waals surface area (Å²) in [6.45, 7) is 1.63. The lowest BCUT2D eigenvalue weighted by Gasteiger charge is -2.12. The van der Waals surface area contributed by atoms with Crippen LogP contribution in [0.1, 0.15) is 24.2 Å². The van der Waals surface area contributed by atoms with Crippen molar-refractivity contribution in [2.75, 3.05) is 12.9 Å². The molecule has 5 heteroatoms. The number of esters is 1. The molecule has 4 nitrogen and oxygen atoms in total. The van der Waals surface area contributed by atoms with Crippen molar-refractivity contribution in [1.29, 1.82) is 0 Å². The SMILES string of the molecule is COC(=O)CCS(=O)(=O)C(C)c1ccccc1. The Kier molecular flexibility index (Phi) is 4.69. The van der Waals surface area contributed by atoms with Crippen LogP contribution in [0.25, 0.3) is 0 Å². The maximum absolute atomic E-state index is 11.9. The average Bonchev–Trinajstić information content (AvgIpc) is 2.36. The normalized spacial score (nSPS) is 13.1. The number of carbonyl (C=O) groups excluding carboxylic acids is 1. The van der Waals surface area contributed by atoms with Crippen LogP contribution in [0.2, 0.25) is 0 Å². The molecule has 0 saturated heterocycles. The van der Waals surface area contributed by atoms with Crippen LogP contribution in [0.15, 0.2) is 30.3 Å². The van der Waals surface area contributed by atoms with Gasteiger partial charge in [0.05, 0.1) is 24.5 Å². The summed E-state index contributed by atoms with van der Waals surface area (Å²) >= 11 is 0. The summed E-state index contributed by atoms with van der Waals surface area (Å²) in [4.78, 5) is 10.9. The largest absolute Gasteiger partial charge is 0.469 e. The van der Waals surface area contributed by atoms with Gasteiger partial charge in [0, 0.05) is 0 Å². The first kappa shape index (κ1) is 13.7. The number of ether oxygens (including phenoxy) is 1. The number of carbonyl (C=O) groups is 1. The molecule has 1 rings (SSSR count). The summed E-state index contributed by atoms with van der Waals surface area (Å²) < 4.78 is 28.3. The summed E-state index contributed by atoms with van der Waals surface area (Å²) in [5, 5.41) is -0.603. The van der Waals surface area contributed by atoms with Gasteiger partial charge in [0.15, 0.2) is 9.84 Å². The molecule has 0 N–H and O–H groups in total. The second kappa shape index (κ2) is 5.82. The molecule has 0 aliphatic carbocycles. The second-order valence-corrected chi connectivity index (χ2v) is 6.19. The summed E-state index contributed by atoms with van der Waals surface area (Å²) in [5.74, 6) is -0.690. The third-order valence-electron chi connectivity index (χ3n) is 2.63. The summed E-state index contributed by atoms with van der Waals surface area (Å²) in [5.41, 5.74) is 0.734. The number of benzene rings is 1. The second-order valence-electron chi connectivity index (χ2n) is 3.75. The van der Waals surface area contributed by atoms with Gasteiger partial charge in [-0.15, -0.1) is 0 Å². The van der Waals surface area contributed by atoms with Crippen molar-refractivity contribution in [2.24, 2.45) is 0 Å². The van der Waals surface area contributed by atoms with E-state index >= 15 is 0 Å². The molecule has 0 spiro atoms. The van der Waals surface area contributed by atoms with Crippen LogP contribution in [-0.2, 0) is 19.4 Å². The number of hydrogen-bond donors (Lipinski definition) is 0. The zero-order chi connectivity index (χ0) is 12.9. The molecule has 1 atom stereocenters. The summed E-state index contributed by atoms with van der Waals surface area (Å²) in [7, 11) is -2.07. The third kappa shape index (κ3) is 3.85. The maximum atomic E-state index is 11.9. The lowest BCUT2D eigenvalue weighted by Crippen LogP contribution is -2.17. The molecular formula is C12H16O4S. The summed E-state index contributed by atoms with van der Waals surface area (Å²) in [6, 6.07) is 8.95. The van der Waals surface area contributed by atoms with E-state index in [9.17, 15) is 13.2 Å². The highest BCUT2D eigenvalue weighted by atomic mass is 32.2. The van der Waals surface area contributed by atoms with E-state index in [1.165, 1.54) is 7.11 Å². The van der Waals surface area contributed by atoms with Crippen LogP contribution in [0.5, 0.6) is 0 Å². The monoisotopic (exact) mass is 256 g/mol. The number of methoxy groups -OCH3 is 1. The van der Waals surface area contributed by atoms with Crippen LogP contribution in [0, 0.1) is 0 Å². The van der Waals surface area contributed by atoms with Crippen molar-refractivity contribution >= 4 is 15.8 Å². The van der Waals surface area contributed by atoms with Gasteiger partial charge in [-0.25, -0.2) is 8.42 Å². The fourth-order valence-corrected chi connectivity index (χ4v) is 2.81. The van der Waals surface area contributed by atoms with Gasteiger partial charge in [0.2, 0.25) is 0 Å². The van der Waals surface area contributed by atoms with Gasteiger partial charge in [0.1, 0.15) is 0 Å². The molecule has 0 aromatic heterocycles. The van der Waals surface area contributed by atoms with Crippen LogP contribution in [0.3, 0.4) is 0 Å². The minimum absolute atomic E-state index is 0.101. The van der Waals surface area contributed by atoms with Gasteiger partial charge in [-0.3, -0.25) is 4.79 Å². The molecule has 0 saturated carbocycles. The number of rotatable bonds is 5. The van der Waals surface area contributed by atoms with Gasteiger partial charge in [-0.05, 0) is 12.5 Å². The van der Waals surface area contributed by atoms with E-state index < -0.39 is 21.1 Å². The Morgan fingerprint density at radius 1 is 1.29 bits per heavy atom. The van der Waals surface area contributed by atoms with Crippen molar-refractivity contribution in [3.05, 3.63) is 35.9 Å². The van der Waals surface area contributed by atoms with Gasteiger partial charge in [-0.2, -0.15) is 0 Å². The van der Waals surface area contributed by atoms with Crippen molar-refractivity contribution < 1.29 is 17.9 Å². The molecule has 0 fully saturated rings. The van der Waals surface area contributed by atoms with Crippen molar-refractivity contribution in [2.45, 2.75) is 18.6 Å². The fourth-order valence-electron chi connectivity index (χ4n) is 1.44. The maximum Gasteiger partial charge on any atom is 0.306 e. The molecule has 1 aromatic rings. The number of sulfone groups is 1. The molecule has 0 amide bonds. The fraction of sp³-hybridized carbons (Fsp3) is 0.417. The predicted molar refractivity (Wildman–Crippen MR) is 65.3 cm³/mol. The molecule has 0 aliphatic heterocycles. The van der Waals surface area contributed by atoms with Crippen LogP contribution in [0.4, 0.5) is 0 Å². The highest BCUT2D eigenvalue weighted by Gasteiger charge is 2.23. The molecule has 0 heterocycles. The molecule has 0 bridgehead atoms. The van der Waals surface area contributed by atoms with E-state index in [1.54, 1.807) is 31.2 Å². The number of hydrogen-bond acceptors (Lipinski definition) is 4. The quantitative estimate of drug-likeness (QED) is 0.753. The van der Waals surface area contributed by atoms with Gasteiger partial charge in [0.25, 0.3) is 0 Å². The van der Waals surface area contributed by atoms with E-state index in [-0.39, 0.29) is 12.2 Å². The topological polar surface area (TPSA) is 60.4 Å². The molecule has 1 aromatic carbocycles. The van der Waals surface area contributed by atoms with E-state index in [0.717, 1.165) is 5.56 Å². The van der Waals surface area contributed by atoms with E-state index in [1.807, 2.05) is 6.07 Å². The predicted octanol–water partition coefficient (Wildman–Crippen LogP) is 1.73. The van der Waals surface area contributed by atoms with Crippen molar-refractivity contribution in [3.63, 3.8) is 0 Å². The van der Waals surface area contributed by atoms with E-state index in [4.69, 9.17) is 0 Å². The Hall–Kier alpha value is -1.36. The highest BCUT2D eigenvalue weighted by Crippen LogP contribution is 2.22. The van der Waals surface area contributed by atoms with Crippen molar-refractivity contribution in [3.8, 4) is 0 Å². The zero-order valence-corrected chi connectivity index (χ0v) is 10.7. The van der Waals surface area contributed by atoms with Crippen LogP contribution < -0.4 is 0 Å². The average molecular weight is 256 g/mol.